The molecule has 1 N–H and O–H groups in total. The number of nitrogens with one attached hydrogen (secondary N) is 1. The first kappa shape index (κ1) is 27.0. The third-order valence-corrected chi connectivity index (χ3v) is 7.25. The standard InChI is InChI=1S/C27H29BrF3N3O/c1-17-14-21(15-18(2)19(17)3)24(27(29,30)31)7-5-20-4-6-23(25(28)16-20)26(35)33-22-8-11-34(12-9-22)13-10-32/h4-7,14-16,22,24H,8-9,11-13H2,1-3H3,(H,33,35)/b7-5+. The zero-order valence-electron chi connectivity index (χ0n) is 20.0. The van der Waals surface area contributed by atoms with Crippen LogP contribution in [0.25, 0.3) is 6.08 Å². The van der Waals surface area contributed by atoms with Crippen LogP contribution in [0.1, 0.15) is 56.9 Å². The van der Waals surface area contributed by atoms with Crippen molar-refractivity contribution in [2.45, 2.75) is 51.7 Å². The normalized spacial score (nSPS) is 16.3. The first-order valence-corrected chi connectivity index (χ1v) is 12.3. The average Bonchev–Trinajstić information content (AvgIpc) is 2.78. The summed E-state index contributed by atoms with van der Waals surface area (Å²) in [5.74, 6) is -1.96. The van der Waals surface area contributed by atoms with Crippen molar-refractivity contribution >= 4 is 27.9 Å². The third kappa shape index (κ3) is 6.96. The van der Waals surface area contributed by atoms with Crippen molar-refractivity contribution in [2.75, 3.05) is 19.6 Å². The molecular formula is C27H29BrF3N3O. The Morgan fingerprint density at radius 2 is 1.83 bits per heavy atom. The summed E-state index contributed by atoms with van der Waals surface area (Å²) in [5.41, 5.74) is 3.86. The fraction of sp³-hybridized carbons (Fsp3) is 0.407. The van der Waals surface area contributed by atoms with E-state index in [4.69, 9.17) is 5.26 Å². The molecule has 35 heavy (non-hydrogen) atoms. The second kappa shape index (κ2) is 11.4. The van der Waals surface area contributed by atoms with Crippen LogP contribution in [-0.4, -0.2) is 42.7 Å². The number of alkyl halides is 3. The van der Waals surface area contributed by atoms with Crippen LogP contribution < -0.4 is 5.32 Å². The summed E-state index contributed by atoms with van der Waals surface area (Å²) in [6, 6.07) is 10.3. The Morgan fingerprint density at radius 3 is 2.37 bits per heavy atom. The van der Waals surface area contributed by atoms with Gasteiger partial charge in [0.25, 0.3) is 5.91 Å². The van der Waals surface area contributed by atoms with E-state index < -0.39 is 12.1 Å². The predicted molar refractivity (Wildman–Crippen MR) is 135 cm³/mol. The SMILES string of the molecule is Cc1cc(C(/C=C/c2ccc(C(=O)NC3CCN(CC#N)CC3)c(Br)c2)C(F)(F)F)cc(C)c1C. The number of nitrogens with zero attached hydrogens (tertiary/aromatic N) is 2. The van der Waals surface area contributed by atoms with Crippen molar-refractivity contribution in [2.24, 2.45) is 0 Å². The van der Waals surface area contributed by atoms with E-state index in [1.165, 1.54) is 12.2 Å². The minimum Gasteiger partial charge on any atom is -0.349 e. The summed E-state index contributed by atoms with van der Waals surface area (Å²) >= 11 is 3.40. The highest BCUT2D eigenvalue weighted by Gasteiger charge is 2.39. The number of amides is 1. The fourth-order valence-corrected chi connectivity index (χ4v) is 4.86. The van der Waals surface area contributed by atoms with Gasteiger partial charge in [-0.15, -0.1) is 0 Å². The van der Waals surface area contributed by atoms with Crippen LogP contribution in [0.15, 0.2) is 40.9 Å². The molecule has 1 aliphatic heterocycles. The molecule has 1 fully saturated rings. The van der Waals surface area contributed by atoms with E-state index in [0.29, 0.717) is 22.1 Å². The zero-order valence-corrected chi connectivity index (χ0v) is 21.6. The molecule has 186 valence electrons. The lowest BCUT2D eigenvalue weighted by molar-refractivity contribution is -0.139. The molecule has 2 aromatic carbocycles. The van der Waals surface area contributed by atoms with Gasteiger partial charge in [0.1, 0.15) is 0 Å². The third-order valence-electron chi connectivity index (χ3n) is 6.60. The lowest BCUT2D eigenvalue weighted by atomic mass is 9.91. The molecule has 4 nitrogen and oxygen atoms in total. The van der Waals surface area contributed by atoms with Crippen LogP contribution in [-0.2, 0) is 0 Å². The highest BCUT2D eigenvalue weighted by Crippen LogP contribution is 2.38. The summed E-state index contributed by atoms with van der Waals surface area (Å²) in [4.78, 5) is 14.8. The molecule has 0 saturated carbocycles. The molecule has 0 radical (unpaired) electrons. The lowest BCUT2D eigenvalue weighted by Gasteiger charge is -2.30. The maximum Gasteiger partial charge on any atom is 0.399 e. The summed E-state index contributed by atoms with van der Waals surface area (Å²) in [6.45, 7) is 7.44. The number of carbonyl (C=O) groups excluding carboxylic acids is 1. The van der Waals surface area contributed by atoms with Crippen LogP contribution in [0.5, 0.6) is 0 Å². The van der Waals surface area contributed by atoms with Crippen molar-refractivity contribution in [3.05, 3.63) is 74.3 Å². The van der Waals surface area contributed by atoms with Gasteiger partial charge in [0.2, 0.25) is 0 Å². The van der Waals surface area contributed by atoms with Gasteiger partial charge in [-0.2, -0.15) is 18.4 Å². The van der Waals surface area contributed by atoms with Crippen LogP contribution in [0, 0.1) is 32.1 Å². The maximum absolute atomic E-state index is 13.9. The number of likely N-dealkylation sites (tertiary alicyclic amines) is 1. The Labute approximate surface area is 212 Å². The van der Waals surface area contributed by atoms with Gasteiger partial charge in [0, 0.05) is 23.6 Å². The van der Waals surface area contributed by atoms with E-state index in [1.807, 2.05) is 25.7 Å². The van der Waals surface area contributed by atoms with Gasteiger partial charge >= 0.3 is 6.18 Å². The predicted octanol–water partition coefficient (Wildman–Crippen LogP) is 6.45. The first-order valence-electron chi connectivity index (χ1n) is 11.5. The van der Waals surface area contributed by atoms with Gasteiger partial charge in [-0.25, -0.2) is 0 Å². The van der Waals surface area contributed by atoms with E-state index >= 15 is 0 Å². The van der Waals surface area contributed by atoms with Crippen molar-refractivity contribution in [3.8, 4) is 6.07 Å². The molecular weight excluding hydrogens is 519 g/mol. The quantitative estimate of drug-likeness (QED) is 0.422. The van der Waals surface area contributed by atoms with Gasteiger partial charge in [-0.1, -0.05) is 30.4 Å². The number of rotatable bonds is 6. The molecule has 0 aromatic heterocycles. The van der Waals surface area contributed by atoms with Gasteiger partial charge < -0.3 is 5.32 Å². The second-order valence-corrected chi connectivity index (χ2v) is 9.93. The number of allylic oxidation sites excluding steroid dienone is 1. The van der Waals surface area contributed by atoms with Gasteiger partial charge in [-0.3, -0.25) is 9.69 Å². The van der Waals surface area contributed by atoms with Gasteiger partial charge in [0.05, 0.1) is 24.1 Å². The molecule has 1 amide bonds. The van der Waals surface area contributed by atoms with Gasteiger partial charge in [0.15, 0.2) is 0 Å². The van der Waals surface area contributed by atoms with E-state index in [0.717, 1.165) is 42.6 Å². The summed E-state index contributed by atoms with van der Waals surface area (Å²) in [6.07, 6.45) is -0.282. The summed E-state index contributed by atoms with van der Waals surface area (Å²) in [7, 11) is 0. The average molecular weight is 548 g/mol. The minimum atomic E-state index is -4.43. The molecule has 3 rings (SSSR count). The number of piperidine rings is 1. The van der Waals surface area contributed by atoms with Gasteiger partial charge in [-0.05, 0) is 89.5 Å². The summed E-state index contributed by atoms with van der Waals surface area (Å²) in [5, 5.41) is 11.8. The molecule has 2 aromatic rings. The Morgan fingerprint density at radius 1 is 1.20 bits per heavy atom. The highest BCUT2D eigenvalue weighted by atomic mass is 79.9. The largest absolute Gasteiger partial charge is 0.399 e. The molecule has 1 saturated heterocycles. The van der Waals surface area contributed by atoms with Crippen molar-refractivity contribution in [1.29, 1.82) is 5.26 Å². The maximum atomic E-state index is 13.9. The van der Waals surface area contributed by atoms with E-state index in [-0.39, 0.29) is 17.5 Å². The Kier molecular flexibility index (Phi) is 8.79. The number of halogens is 4. The molecule has 0 bridgehead atoms. The monoisotopic (exact) mass is 547 g/mol. The number of benzene rings is 2. The molecule has 1 aliphatic rings. The molecule has 8 heteroatoms. The number of nitriles is 1. The minimum absolute atomic E-state index is 0.0258. The number of hydrogen-bond donors (Lipinski definition) is 1. The van der Waals surface area contributed by atoms with E-state index in [2.05, 4.69) is 27.3 Å². The van der Waals surface area contributed by atoms with E-state index in [9.17, 15) is 18.0 Å². The topological polar surface area (TPSA) is 56.1 Å². The molecule has 0 spiro atoms. The van der Waals surface area contributed by atoms with Crippen molar-refractivity contribution < 1.29 is 18.0 Å². The smallest absolute Gasteiger partial charge is 0.349 e. The zero-order chi connectivity index (χ0) is 25.8. The van der Waals surface area contributed by atoms with Crippen LogP contribution in [0.4, 0.5) is 13.2 Å². The highest BCUT2D eigenvalue weighted by molar-refractivity contribution is 9.10. The number of hydrogen-bond acceptors (Lipinski definition) is 3. The molecule has 1 atom stereocenters. The number of carbonyl (C=O) groups is 1. The fourth-order valence-electron chi connectivity index (χ4n) is 4.28. The molecule has 1 unspecified atom stereocenters. The summed E-state index contributed by atoms with van der Waals surface area (Å²) < 4.78 is 42.2. The van der Waals surface area contributed by atoms with Crippen LogP contribution in [0.3, 0.4) is 0 Å². The van der Waals surface area contributed by atoms with E-state index in [1.54, 1.807) is 30.3 Å². The Balaban J connectivity index is 1.73. The second-order valence-electron chi connectivity index (χ2n) is 9.08. The number of aryl methyl sites for hydroxylation is 2. The first-order chi connectivity index (χ1) is 16.5. The molecule has 1 heterocycles. The Hall–Kier alpha value is -2.63. The Bertz CT molecular complexity index is 1120. The molecule has 0 aliphatic carbocycles. The lowest BCUT2D eigenvalue weighted by Crippen LogP contribution is -2.44. The van der Waals surface area contributed by atoms with Crippen LogP contribution >= 0.6 is 15.9 Å². The van der Waals surface area contributed by atoms with Crippen LogP contribution in [0.2, 0.25) is 0 Å². The van der Waals surface area contributed by atoms with Crippen molar-refractivity contribution in [1.82, 2.24) is 10.2 Å². The van der Waals surface area contributed by atoms with Crippen molar-refractivity contribution in [3.63, 3.8) is 0 Å².